The lowest BCUT2D eigenvalue weighted by atomic mass is 9.93. The van der Waals surface area contributed by atoms with Crippen LogP contribution in [-0.2, 0) is 14.3 Å². The van der Waals surface area contributed by atoms with Gasteiger partial charge in [0.1, 0.15) is 12.2 Å². The number of amides is 1. The standard InChI is InChI=1S/C30H31N5O4/c1-3-39-28(38)20-33(2)27(37)19-22-13-7-8-14-24(22)35-26(36)17-16-23(31-35)29-25-15-9-10-18-34(25)32-30(29)21-11-5-4-6-12-21/h4-6,9-12,15-18H,3,7-8,13-14,19-20H2,1-2H3. The summed E-state index contributed by atoms with van der Waals surface area (Å²) in [5.74, 6) is -0.643. The van der Waals surface area contributed by atoms with E-state index in [4.69, 9.17) is 14.9 Å². The summed E-state index contributed by atoms with van der Waals surface area (Å²) in [7, 11) is 1.59. The number of carbonyl (C=O) groups excluding carboxylic acids is 2. The highest BCUT2D eigenvalue weighted by molar-refractivity contribution is 5.90. The fourth-order valence-electron chi connectivity index (χ4n) is 4.99. The van der Waals surface area contributed by atoms with E-state index in [1.54, 1.807) is 20.0 Å². The normalized spacial score (nSPS) is 13.5. The van der Waals surface area contributed by atoms with Crippen LogP contribution in [0.3, 0.4) is 0 Å². The largest absolute Gasteiger partial charge is 0.465 e. The van der Waals surface area contributed by atoms with Crippen LogP contribution >= 0.6 is 0 Å². The summed E-state index contributed by atoms with van der Waals surface area (Å²) in [6.07, 6.45) is 5.17. The molecule has 0 atom stereocenters. The molecule has 200 valence electrons. The molecule has 0 bridgehead atoms. The Bertz CT molecular complexity index is 1600. The van der Waals surface area contributed by atoms with Crippen molar-refractivity contribution < 1.29 is 14.3 Å². The van der Waals surface area contributed by atoms with E-state index < -0.39 is 5.97 Å². The van der Waals surface area contributed by atoms with Gasteiger partial charge in [-0.05, 0) is 56.4 Å². The number of ether oxygens (including phenoxy) is 1. The van der Waals surface area contributed by atoms with Crippen LogP contribution in [0.5, 0.6) is 0 Å². The summed E-state index contributed by atoms with van der Waals surface area (Å²) in [6, 6.07) is 19.0. The van der Waals surface area contributed by atoms with Crippen molar-refractivity contribution in [1.82, 2.24) is 24.3 Å². The second-order valence-corrected chi connectivity index (χ2v) is 9.58. The minimum absolute atomic E-state index is 0.111. The number of pyridine rings is 1. The number of hydrogen-bond donors (Lipinski definition) is 0. The molecule has 4 aromatic rings. The highest BCUT2D eigenvalue weighted by Crippen LogP contribution is 2.35. The molecular formula is C30H31N5O4. The molecule has 39 heavy (non-hydrogen) atoms. The number of aromatic nitrogens is 4. The van der Waals surface area contributed by atoms with E-state index >= 15 is 0 Å². The van der Waals surface area contributed by atoms with Gasteiger partial charge in [0.2, 0.25) is 5.91 Å². The molecule has 0 N–H and O–H groups in total. The molecule has 3 aromatic heterocycles. The van der Waals surface area contributed by atoms with Crippen molar-refractivity contribution in [3.05, 3.63) is 82.8 Å². The van der Waals surface area contributed by atoms with Gasteiger partial charge in [-0.15, -0.1) is 0 Å². The Hall–Kier alpha value is -4.53. The smallest absolute Gasteiger partial charge is 0.325 e. The van der Waals surface area contributed by atoms with E-state index in [2.05, 4.69) is 0 Å². The maximum absolute atomic E-state index is 13.1. The molecular weight excluding hydrogens is 494 g/mol. The molecule has 3 heterocycles. The first-order valence-corrected chi connectivity index (χ1v) is 13.2. The number of allylic oxidation sites excluding steroid dienone is 1. The maximum Gasteiger partial charge on any atom is 0.325 e. The molecule has 1 aromatic carbocycles. The Morgan fingerprint density at radius 2 is 1.74 bits per heavy atom. The topological polar surface area (TPSA) is 98.8 Å². The van der Waals surface area contributed by atoms with E-state index in [0.29, 0.717) is 18.5 Å². The quantitative estimate of drug-likeness (QED) is 0.316. The molecule has 0 aliphatic heterocycles. The van der Waals surface area contributed by atoms with Crippen LogP contribution in [0.25, 0.3) is 33.7 Å². The minimum Gasteiger partial charge on any atom is -0.465 e. The Morgan fingerprint density at radius 1 is 0.974 bits per heavy atom. The lowest BCUT2D eigenvalue weighted by Crippen LogP contribution is -2.33. The summed E-state index contributed by atoms with van der Waals surface area (Å²) in [5.41, 5.74) is 5.43. The summed E-state index contributed by atoms with van der Waals surface area (Å²) >= 11 is 0. The van der Waals surface area contributed by atoms with Gasteiger partial charge in [0.05, 0.1) is 23.4 Å². The number of hydrogen-bond acceptors (Lipinski definition) is 6. The fourth-order valence-corrected chi connectivity index (χ4v) is 4.99. The molecule has 9 heteroatoms. The van der Waals surface area contributed by atoms with Gasteiger partial charge in [-0.1, -0.05) is 36.4 Å². The first-order chi connectivity index (χ1) is 19.0. The van der Waals surface area contributed by atoms with Crippen molar-refractivity contribution in [3.63, 3.8) is 0 Å². The van der Waals surface area contributed by atoms with Gasteiger partial charge in [-0.2, -0.15) is 10.2 Å². The van der Waals surface area contributed by atoms with Crippen molar-refractivity contribution in [2.24, 2.45) is 0 Å². The Balaban J connectivity index is 1.56. The summed E-state index contributed by atoms with van der Waals surface area (Å²) < 4.78 is 8.24. The first kappa shape index (κ1) is 26.1. The van der Waals surface area contributed by atoms with Gasteiger partial charge in [0, 0.05) is 37.0 Å². The number of likely N-dealkylation sites (N-methyl/N-ethyl adjacent to an activating group) is 1. The molecule has 0 radical (unpaired) electrons. The van der Waals surface area contributed by atoms with Crippen molar-refractivity contribution in [3.8, 4) is 22.5 Å². The van der Waals surface area contributed by atoms with Gasteiger partial charge in [-0.3, -0.25) is 14.4 Å². The van der Waals surface area contributed by atoms with Crippen LogP contribution in [0, 0.1) is 0 Å². The molecule has 0 saturated heterocycles. The Morgan fingerprint density at radius 3 is 2.54 bits per heavy atom. The van der Waals surface area contributed by atoms with E-state index in [-0.39, 0.29) is 31.0 Å². The molecule has 1 aliphatic rings. The van der Waals surface area contributed by atoms with Gasteiger partial charge in [-0.25, -0.2) is 9.20 Å². The van der Waals surface area contributed by atoms with E-state index in [9.17, 15) is 14.4 Å². The Kier molecular flexibility index (Phi) is 7.67. The number of rotatable bonds is 8. The predicted molar refractivity (Wildman–Crippen MR) is 149 cm³/mol. The number of nitrogens with zero attached hydrogens (tertiary/aromatic N) is 5. The van der Waals surface area contributed by atoms with Gasteiger partial charge < -0.3 is 9.64 Å². The Labute approximate surface area is 226 Å². The monoisotopic (exact) mass is 525 g/mol. The highest BCUT2D eigenvalue weighted by atomic mass is 16.5. The van der Waals surface area contributed by atoms with Crippen LogP contribution < -0.4 is 5.56 Å². The number of benzene rings is 1. The number of esters is 1. The van der Waals surface area contributed by atoms with Crippen LogP contribution in [0.1, 0.15) is 39.0 Å². The SMILES string of the molecule is CCOC(=O)CN(C)C(=O)CC1=C(n2nc(-c3c(-c4ccccc4)nn4ccccc34)ccc2=O)CCCC1. The van der Waals surface area contributed by atoms with Gasteiger partial charge >= 0.3 is 5.97 Å². The summed E-state index contributed by atoms with van der Waals surface area (Å²) in [5, 5.41) is 9.67. The highest BCUT2D eigenvalue weighted by Gasteiger charge is 2.23. The zero-order valence-corrected chi connectivity index (χ0v) is 22.2. The third-order valence-electron chi connectivity index (χ3n) is 6.91. The van der Waals surface area contributed by atoms with Crippen LogP contribution in [-0.4, -0.2) is 56.4 Å². The van der Waals surface area contributed by atoms with E-state index in [0.717, 1.165) is 46.4 Å². The van der Waals surface area contributed by atoms with Crippen molar-refractivity contribution in [1.29, 1.82) is 0 Å². The summed E-state index contributed by atoms with van der Waals surface area (Å²) in [6.45, 7) is 1.88. The zero-order chi connectivity index (χ0) is 27.4. The average molecular weight is 526 g/mol. The zero-order valence-electron chi connectivity index (χ0n) is 22.2. The summed E-state index contributed by atoms with van der Waals surface area (Å²) in [4.78, 5) is 39.3. The molecule has 0 spiro atoms. The fraction of sp³-hybridized carbons (Fsp3) is 0.300. The molecule has 9 nitrogen and oxygen atoms in total. The molecule has 5 rings (SSSR count). The van der Waals surface area contributed by atoms with E-state index in [1.807, 2.05) is 59.2 Å². The molecule has 0 saturated carbocycles. The molecule has 1 amide bonds. The van der Waals surface area contributed by atoms with Gasteiger partial charge in [0.15, 0.2) is 0 Å². The molecule has 0 unspecified atom stereocenters. The van der Waals surface area contributed by atoms with Crippen LogP contribution in [0.4, 0.5) is 0 Å². The minimum atomic E-state index is -0.445. The average Bonchev–Trinajstić information content (AvgIpc) is 3.34. The van der Waals surface area contributed by atoms with Crippen molar-refractivity contribution >= 4 is 23.1 Å². The molecule has 1 aliphatic carbocycles. The third-order valence-corrected chi connectivity index (χ3v) is 6.91. The second kappa shape index (κ2) is 11.5. The predicted octanol–water partition coefficient (Wildman–Crippen LogP) is 4.42. The third kappa shape index (κ3) is 5.52. The van der Waals surface area contributed by atoms with Crippen molar-refractivity contribution in [2.75, 3.05) is 20.2 Å². The number of carbonyl (C=O) groups is 2. The maximum atomic E-state index is 13.1. The van der Waals surface area contributed by atoms with E-state index in [1.165, 1.54) is 15.6 Å². The number of fused-ring (bicyclic) bond motifs is 1. The second-order valence-electron chi connectivity index (χ2n) is 9.58. The van der Waals surface area contributed by atoms with Crippen molar-refractivity contribution in [2.45, 2.75) is 39.0 Å². The first-order valence-electron chi connectivity index (χ1n) is 13.2. The lowest BCUT2D eigenvalue weighted by molar-refractivity contribution is -0.147. The molecule has 0 fully saturated rings. The lowest BCUT2D eigenvalue weighted by Gasteiger charge is -2.23. The van der Waals surface area contributed by atoms with Gasteiger partial charge in [0.25, 0.3) is 5.56 Å². The van der Waals surface area contributed by atoms with Crippen LogP contribution in [0.15, 0.2) is 77.2 Å². The van der Waals surface area contributed by atoms with Crippen LogP contribution in [0.2, 0.25) is 0 Å².